The Balaban J connectivity index is 0.000000364. The second-order valence-electron chi connectivity index (χ2n) is 7.72. The van der Waals surface area contributed by atoms with Crippen molar-refractivity contribution in [2.45, 2.75) is 25.4 Å². The molecule has 1 aliphatic heterocycles. The van der Waals surface area contributed by atoms with Gasteiger partial charge >= 0.3 is 12.1 Å². The summed E-state index contributed by atoms with van der Waals surface area (Å²) in [4.78, 5) is 36.4. The van der Waals surface area contributed by atoms with Crippen molar-refractivity contribution < 1.29 is 27.9 Å². The number of carboxylic acids is 1. The summed E-state index contributed by atoms with van der Waals surface area (Å²) >= 11 is 1.50. The number of thiazole rings is 1. The number of carboxylic acid groups (broad SMARTS) is 1. The summed E-state index contributed by atoms with van der Waals surface area (Å²) < 4.78 is 33.6. The van der Waals surface area contributed by atoms with E-state index in [0.29, 0.717) is 18.8 Å². The molecule has 0 aromatic carbocycles. The summed E-state index contributed by atoms with van der Waals surface area (Å²) in [5.74, 6) is -1.83. The first-order valence-corrected chi connectivity index (χ1v) is 11.3. The number of alkyl halides is 3. The van der Waals surface area contributed by atoms with Crippen molar-refractivity contribution in [2.75, 3.05) is 13.1 Å². The Morgan fingerprint density at radius 2 is 1.83 bits per heavy atom. The van der Waals surface area contributed by atoms with Gasteiger partial charge in [0.05, 0.1) is 5.01 Å². The lowest BCUT2D eigenvalue weighted by Crippen LogP contribution is -2.28. The average molecular weight is 504 g/mol. The van der Waals surface area contributed by atoms with Crippen molar-refractivity contribution in [2.24, 2.45) is 0 Å². The highest BCUT2D eigenvalue weighted by molar-refractivity contribution is 7.09. The van der Waals surface area contributed by atoms with Crippen LogP contribution in [0.5, 0.6) is 0 Å². The molecule has 1 atom stereocenters. The number of halogens is 3. The molecule has 0 aliphatic carbocycles. The van der Waals surface area contributed by atoms with Gasteiger partial charge in [-0.2, -0.15) is 18.3 Å². The molecule has 1 unspecified atom stereocenters. The van der Waals surface area contributed by atoms with E-state index in [1.165, 1.54) is 11.3 Å². The molecular weight excluding hydrogens is 485 g/mol. The predicted octanol–water partition coefficient (Wildman–Crippen LogP) is 3.82. The molecular formula is C22H19F3N6O3S. The summed E-state index contributed by atoms with van der Waals surface area (Å²) in [5, 5.41) is 14.6. The maximum absolute atomic E-state index is 12.6. The van der Waals surface area contributed by atoms with Crippen molar-refractivity contribution in [3.63, 3.8) is 0 Å². The van der Waals surface area contributed by atoms with Gasteiger partial charge in [-0.15, -0.1) is 11.3 Å². The number of hydrogen-bond acceptors (Lipinski definition) is 7. The summed E-state index contributed by atoms with van der Waals surface area (Å²) in [7, 11) is 0. The smallest absolute Gasteiger partial charge is 0.475 e. The van der Waals surface area contributed by atoms with Crippen LogP contribution in [-0.2, 0) is 4.79 Å². The van der Waals surface area contributed by atoms with Gasteiger partial charge < -0.3 is 10.0 Å². The van der Waals surface area contributed by atoms with Crippen LogP contribution in [-0.4, -0.2) is 65.7 Å². The lowest BCUT2D eigenvalue weighted by Gasteiger charge is -2.14. The fraction of sp³-hybridized carbons (Fsp3) is 0.273. The quantitative estimate of drug-likeness (QED) is 0.451. The van der Waals surface area contributed by atoms with Crippen LogP contribution in [0.15, 0.2) is 48.2 Å². The molecule has 1 amide bonds. The normalized spacial score (nSPS) is 15.7. The maximum Gasteiger partial charge on any atom is 0.490 e. The average Bonchev–Trinajstić information content (AvgIpc) is 3.57. The summed E-state index contributed by atoms with van der Waals surface area (Å²) in [5.41, 5.74) is 3.50. The molecule has 1 saturated heterocycles. The van der Waals surface area contributed by atoms with E-state index in [1.54, 1.807) is 12.4 Å². The van der Waals surface area contributed by atoms with E-state index in [9.17, 15) is 18.0 Å². The van der Waals surface area contributed by atoms with E-state index in [2.05, 4.69) is 20.1 Å². The Kier molecular flexibility index (Phi) is 6.78. The minimum absolute atomic E-state index is 0.00409. The molecule has 1 aliphatic rings. The van der Waals surface area contributed by atoms with Crippen LogP contribution in [0.4, 0.5) is 13.2 Å². The van der Waals surface area contributed by atoms with E-state index in [0.717, 1.165) is 34.0 Å². The molecule has 0 radical (unpaired) electrons. The molecule has 182 valence electrons. The highest BCUT2D eigenvalue weighted by Crippen LogP contribution is 2.27. The number of rotatable bonds is 3. The first-order valence-electron chi connectivity index (χ1n) is 10.4. The Morgan fingerprint density at radius 1 is 1.11 bits per heavy atom. The molecule has 13 heteroatoms. The SMILES string of the molecule is Cc1nc(C(=O)N2CCC(c3nc4ccc(-c5ccncc5)cn4n3)C2)cs1.O=C(O)C(F)(F)F. The number of aliphatic carboxylic acids is 1. The van der Waals surface area contributed by atoms with Gasteiger partial charge in [0.2, 0.25) is 0 Å². The van der Waals surface area contributed by atoms with E-state index >= 15 is 0 Å². The number of aryl methyl sites for hydroxylation is 1. The topological polar surface area (TPSA) is 114 Å². The van der Waals surface area contributed by atoms with Crippen LogP contribution >= 0.6 is 11.3 Å². The van der Waals surface area contributed by atoms with Gasteiger partial charge in [0.1, 0.15) is 5.69 Å². The van der Waals surface area contributed by atoms with E-state index in [1.807, 2.05) is 52.2 Å². The Bertz CT molecular complexity index is 1360. The molecule has 4 aromatic heterocycles. The Morgan fingerprint density at radius 3 is 2.46 bits per heavy atom. The van der Waals surface area contributed by atoms with Gasteiger partial charge in [-0.3, -0.25) is 9.78 Å². The van der Waals surface area contributed by atoms with Crippen LogP contribution in [0.3, 0.4) is 0 Å². The third-order valence-electron chi connectivity index (χ3n) is 5.28. The fourth-order valence-electron chi connectivity index (χ4n) is 3.57. The lowest BCUT2D eigenvalue weighted by atomic mass is 10.1. The van der Waals surface area contributed by atoms with Crippen LogP contribution in [0.1, 0.15) is 33.7 Å². The van der Waals surface area contributed by atoms with Gasteiger partial charge in [-0.25, -0.2) is 19.3 Å². The third kappa shape index (κ3) is 5.62. The molecule has 9 nitrogen and oxygen atoms in total. The zero-order valence-corrected chi connectivity index (χ0v) is 19.1. The molecule has 0 bridgehead atoms. The second-order valence-corrected chi connectivity index (χ2v) is 8.78. The van der Waals surface area contributed by atoms with Crippen LogP contribution in [0.2, 0.25) is 0 Å². The van der Waals surface area contributed by atoms with Gasteiger partial charge in [0.25, 0.3) is 5.91 Å². The number of aromatic nitrogens is 5. The van der Waals surface area contributed by atoms with E-state index in [4.69, 9.17) is 9.90 Å². The first-order chi connectivity index (χ1) is 16.6. The van der Waals surface area contributed by atoms with Crippen LogP contribution in [0.25, 0.3) is 16.8 Å². The number of nitrogens with zero attached hydrogens (tertiary/aromatic N) is 6. The van der Waals surface area contributed by atoms with Gasteiger partial charge in [-0.1, -0.05) is 0 Å². The predicted molar refractivity (Wildman–Crippen MR) is 120 cm³/mol. The van der Waals surface area contributed by atoms with Gasteiger partial charge in [0.15, 0.2) is 11.5 Å². The number of carbonyl (C=O) groups is 2. The number of carbonyl (C=O) groups excluding carboxylic acids is 1. The number of amides is 1. The minimum atomic E-state index is -5.08. The molecule has 4 aromatic rings. The van der Waals surface area contributed by atoms with Crippen molar-refractivity contribution in [1.29, 1.82) is 0 Å². The molecule has 0 spiro atoms. The summed E-state index contributed by atoms with van der Waals surface area (Å²) in [6.45, 7) is 3.25. The third-order valence-corrected chi connectivity index (χ3v) is 6.06. The summed E-state index contributed by atoms with van der Waals surface area (Å²) in [6, 6.07) is 7.96. The van der Waals surface area contributed by atoms with Gasteiger partial charge in [0, 0.05) is 48.5 Å². The number of fused-ring (bicyclic) bond motifs is 1. The van der Waals surface area contributed by atoms with Crippen LogP contribution < -0.4 is 0 Å². The van der Waals surface area contributed by atoms with Crippen molar-refractivity contribution in [1.82, 2.24) is 29.5 Å². The number of pyridine rings is 2. The first kappa shape index (κ1) is 24.3. The largest absolute Gasteiger partial charge is 0.490 e. The zero-order valence-electron chi connectivity index (χ0n) is 18.3. The van der Waals surface area contributed by atoms with Crippen molar-refractivity contribution in [3.8, 4) is 11.1 Å². The molecule has 35 heavy (non-hydrogen) atoms. The summed E-state index contributed by atoms with van der Waals surface area (Å²) in [6.07, 6.45) is 1.32. The van der Waals surface area contributed by atoms with Crippen LogP contribution in [0, 0.1) is 6.92 Å². The number of likely N-dealkylation sites (tertiary alicyclic amines) is 1. The maximum atomic E-state index is 12.6. The highest BCUT2D eigenvalue weighted by atomic mass is 32.1. The van der Waals surface area contributed by atoms with Crippen molar-refractivity contribution >= 4 is 28.9 Å². The fourth-order valence-corrected chi connectivity index (χ4v) is 4.15. The molecule has 1 fully saturated rings. The second kappa shape index (κ2) is 9.78. The lowest BCUT2D eigenvalue weighted by molar-refractivity contribution is -0.192. The molecule has 5 heterocycles. The molecule has 0 saturated carbocycles. The Labute approximate surface area is 200 Å². The van der Waals surface area contributed by atoms with E-state index < -0.39 is 12.1 Å². The van der Waals surface area contributed by atoms with Gasteiger partial charge in [-0.05, 0) is 43.2 Å². The Hall–Kier alpha value is -3.87. The number of hydrogen-bond donors (Lipinski definition) is 1. The minimum Gasteiger partial charge on any atom is -0.475 e. The monoisotopic (exact) mass is 504 g/mol. The molecule has 5 rings (SSSR count). The molecule has 1 N–H and O–H groups in total. The highest BCUT2D eigenvalue weighted by Gasteiger charge is 2.38. The van der Waals surface area contributed by atoms with E-state index in [-0.39, 0.29) is 11.8 Å². The standard InChI is InChI=1S/C20H18N6OS.C2HF3O2/c1-13-22-17(12-28-13)20(27)25-9-6-16(10-25)19-23-18-3-2-15(11-26(18)24-19)14-4-7-21-8-5-14;3-2(4,5)1(6)7/h2-5,7-8,11-12,16H,6,9-10H2,1H3;(H,6,7). The zero-order chi connectivity index (χ0) is 25.2. The van der Waals surface area contributed by atoms with Crippen molar-refractivity contribution in [3.05, 3.63) is 64.8 Å².